The average Bonchev–Trinajstić information content (AvgIpc) is 3.36. The zero-order valence-corrected chi connectivity index (χ0v) is 15.4. The van der Waals surface area contributed by atoms with Crippen molar-refractivity contribution in [1.29, 1.82) is 0 Å². The minimum atomic E-state index is -0.0147. The highest BCUT2D eigenvalue weighted by Gasteiger charge is 2.38. The molecule has 0 radical (unpaired) electrons. The average molecular weight is 336 g/mol. The Bertz CT molecular complexity index is 729. The lowest BCUT2D eigenvalue weighted by Crippen LogP contribution is -2.27. The summed E-state index contributed by atoms with van der Waals surface area (Å²) >= 11 is 0. The van der Waals surface area contributed by atoms with Crippen LogP contribution in [0.15, 0.2) is 48.2 Å². The molecule has 3 atom stereocenters. The Morgan fingerprint density at radius 2 is 1.96 bits per heavy atom. The Labute approximate surface area is 150 Å². The van der Waals surface area contributed by atoms with Gasteiger partial charge >= 0.3 is 0 Å². The van der Waals surface area contributed by atoms with Gasteiger partial charge in [-0.05, 0) is 48.3 Å². The summed E-state index contributed by atoms with van der Waals surface area (Å²) in [5, 5.41) is 3.07. The third kappa shape index (κ3) is 3.12. The van der Waals surface area contributed by atoms with Gasteiger partial charge in [-0.1, -0.05) is 50.3 Å². The normalized spacial score (nSPS) is 29.1. The number of allylic oxidation sites excluding steroid dienone is 2. The quantitative estimate of drug-likeness (QED) is 0.896. The molecule has 3 aliphatic rings. The van der Waals surface area contributed by atoms with E-state index in [2.05, 4.69) is 73.6 Å². The number of nitrogens with one attached hydrogen (secondary N) is 1. The molecule has 1 saturated carbocycles. The van der Waals surface area contributed by atoms with E-state index < -0.39 is 0 Å². The standard InChI is InChI=1S/C22H28N2O/c1-14(2)19-12-23-22(25)21(19)17-6-4-5-16(11-17)20-10-7-15(3)13-24(20)18-8-9-18/h4-7,10-11,13-14,18-21H,8-9,12H2,1-3H3,(H,23,25)/t19?,20?,21-/m0/s1. The summed E-state index contributed by atoms with van der Waals surface area (Å²) in [5.41, 5.74) is 3.78. The molecule has 1 saturated heterocycles. The predicted molar refractivity (Wildman–Crippen MR) is 101 cm³/mol. The van der Waals surface area contributed by atoms with Crippen molar-refractivity contribution < 1.29 is 4.79 Å². The van der Waals surface area contributed by atoms with E-state index in [0.717, 1.165) is 6.54 Å². The fourth-order valence-electron chi connectivity index (χ4n) is 4.29. The number of benzene rings is 1. The molecule has 2 aliphatic heterocycles. The number of rotatable bonds is 4. The van der Waals surface area contributed by atoms with E-state index in [-0.39, 0.29) is 17.9 Å². The van der Waals surface area contributed by atoms with Crippen molar-refractivity contribution in [3.8, 4) is 0 Å². The van der Waals surface area contributed by atoms with Crippen LogP contribution < -0.4 is 5.32 Å². The molecule has 1 aliphatic carbocycles. The number of carbonyl (C=O) groups excluding carboxylic acids is 1. The monoisotopic (exact) mass is 336 g/mol. The van der Waals surface area contributed by atoms with Crippen LogP contribution >= 0.6 is 0 Å². The highest BCUT2D eigenvalue weighted by molar-refractivity contribution is 5.86. The molecule has 2 unspecified atom stereocenters. The highest BCUT2D eigenvalue weighted by atomic mass is 16.2. The molecule has 0 aromatic heterocycles. The summed E-state index contributed by atoms with van der Waals surface area (Å²) in [6.07, 6.45) is 9.40. The van der Waals surface area contributed by atoms with Gasteiger partial charge in [0.05, 0.1) is 12.0 Å². The van der Waals surface area contributed by atoms with Crippen LogP contribution in [0.3, 0.4) is 0 Å². The molecule has 1 aromatic rings. The van der Waals surface area contributed by atoms with Crippen LogP contribution in [0.25, 0.3) is 0 Å². The van der Waals surface area contributed by atoms with Gasteiger partial charge in [0.25, 0.3) is 0 Å². The molecule has 25 heavy (non-hydrogen) atoms. The van der Waals surface area contributed by atoms with Crippen molar-refractivity contribution >= 4 is 5.91 Å². The number of nitrogens with zero attached hydrogens (tertiary/aromatic N) is 1. The summed E-state index contributed by atoms with van der Waals surface area (Å²) in [6, 6.07) is 9.69. The van der Waals surface area contributed by atoms with Gasteiger partial charge in [0.2, 0.25) is 5.91 Å². The maximum atomic E-state index is 12.5. The van der Waals surface area contributed by atoms with Crippen LogP contribution in [0.1, 0.15) is 56.7 Å². The van der Waals surface area contributed by atoms with Gasteiger partial charge in [-0.3, -0.25) is 4.79 Å². The van der Waals surface area contributed by atoms with Crippen LogP contribution in [0.2, 0.25) is 0 Å². The molecule has 1 aromatic carbocycles. The summed E-state index contributed by atoms with van der Waals surface area (Å²) in [6.45, 7) is 7.39. The molecule has 4 rings (SSSR count). The van der Waals surface area contributed by atoms with E-state index in [1.165, 1.54) is 29.5 Å². The van der Waals surface area contributed by atoms with Crippen LogP contribution in [0.4, 0.5) is 0 Å². The predicted octanol–water partition coefficient (Wildman–Crippen LogP) is 4.15. The summed E-state index contributed by atoms with van der Waals surface area (Å²) in [7, 11) is 0. The second kappa shape index (κ2) is 6.36. The summed E-state index contributed by atoms with van der Waals surface area (Å²) in [5.74, 6) is 1.05. The first-order valence-corrected chi connectivity index (χ1v) is 9.56. The van der Waals surface area contributed by atoms with Crippen LogP contribution in [-0.4, -0.2) is 23.4 Å². The number of hydrogen-bond acceptors (Lipinski definition) is 2. The third-order valence-electron chi connectivity index (χ3n) is 5.87. The van der Waals surface area contributed by atoms with Gasteiger partial charge in [-0.2, -0.15) is 0 Å². The van der Waals surface area contributed by atoms with E-state index in [1.807, 2.05) is 0 Å². The number of carbonyl (C=O) groups is 1. The zero-order chi connectivity index (χ0) is 17.6. The molecule has 0 spiro atoms. The molecule has 0 bridgehead atoms. The Hall–Kier alpha value is -2.03. The van der Waals surface area contributed by atoms with E-state index in [9.17, 15) is 4.79 Å². The smallest absolute Gasteiger partial charge is 0.227 e. The number of hydrogen-bond donors (Lipinski definition) is 1. The van der Waals surface area contributed by atoms with Gasteiger partial charge in [0.1, 0.15) is 0 Å². The Kier molecular flexibility index (Phi) is 4.18. The van der Waals surface area contributed by atoms with Crippen LogP contribution in [-0.2, 0) is 4.79 Å². The van der Waals surface area contributed by atoms with E-state index in [4.69, 9.17) is 0 Å². The summed E-state index contributed by atoms with van der Waals surface area (Å²) < 4.78 is 0. The van der Waals surface area contributed by atoms with Crippen molar-refractivity contribution in [2.24, 2.45) is 11.8 Å². The van der Waals surface area contributed by atoms with E-state index in [1.54, 1.807) is 0 Å². The van der Waals surface area contributed by atoms with Gasteiger partial charge in [-0.15, -0.1) is 0 Å². The minimum Gasteiger partial charge on any atom is -0.364 e. The van der Waals surface area contributed by atoms with Gasteiger partial charge in [0, 0.05) is 18.8 Å². The fraction of sp³-hybridized carbons (Fsp3) is 0.500. The zero-order valence-electron chi connectivity index (χ0n) is 15.4. The first-order chi connectivity index (χ1) is 12.0. The van der Waals surface area contributed by atoms with Gasteiger partial charge < -0.3 is 10.2 Å². The van der Waals surface area contributed by atoms with E-state index in [0.29, 0.717) is 17.9 Å². The topological polar surface area (TPSA) is 32.3 Å². The fourth-order valence-corrected chi connectivity index (χ4v) is 4.29. The third-order valence-corrected chi connectivity index (χ3v) is 5.87. The first kappa shape index (κ1) is 16.4. The molecule has 2 heterocycles. The number of amides is 1. The lowest BCUT2D eigenvalue weighted by molar-refractivity contribution is -0.120. The molecular weight excluding hydrogens is 308 g/mol. The largest absolute Gasteiger partial charge is 0.364 e. The van der Waals surface area contributed by atoms with Gasteiger partial charge in [-0.25, -0.2) is 0 Å². The van der Waals surface area contributed by atoms with Gasteiger partial charge in [0.15, 0.2) is 0 Å². The van der Waals surface area contributed by atoms with Crippen molar-refractivity contribution in [3.63, 3.8) is 0 Å². The highest BCUT2D eigenvalue weighted by Crippen LogP contribution is 2.40. The lowest BCUT2D eigenvalue weighted by atomic mass is 9.80. The SMILES string of the molecule is CC1=CN(C2CC2)C(c2cccc([C@@H]3C(=O)NCC3C(C)C)c2)C=C1. The minimum absolute atomic E-state index is 0.0147. The van der Waals surface area contributed by atoms with E-state index >= 15 is 0 Å². The van der Waals surface area contributed by atoms with Crippen LogP contribution in [0.5, 0.6) is 0 Å². The maximum absolute atomic E-state index is 12.5. The maximum Gasteiger partial charge on any atom is 0.227 e. The second-order valence-corrected chi connectivity index (χ2v) is 8.16. The molecule has 3 nitrogen and oxygen atoms in total. The molecule has 3 heteroatoms. The second-order valence-electron chi connectivity index (χ2n) is 8.16. The van der Waals surface area contributed by atoms with Crippen molar-refractivity contribution in [2.75, 3.05) is 6.54 Å². The van der Waals surface area contributed by atoms with Crippen molar-refractivity contribution in [2.45, 2.75) is 51.6 Å². The Balaban J connectivity index is 1.65. The Morgan fingerprint density at radius 3 is 2.68 bits per heavy atom. The first-order valence-electron chi connectivity index (χ1n) is 9.56. The van der Waals surface area contributed by atoms with Crippen molar-refractivity contribution in [3.05, 3.63) is 59.3 Å². The molecule has 1 amide bonds. The Morgan fingerprint density at radius 1 is 1.20 bits per heavy atom. The lowest BCUT2D eigenvalue weighted by Gasteiger charge is -2.32. The molecular formula is C22H28N2O. The van der Waals surface area contributed by atoms with Crippen LogP contribution in [0, 0.1) is 11.8 Å². The molecule has 1 N–H and O–H groups in total. The molecule has 2 fully saturated rings. The molecule has 132 valence electrons. The van der Waals surface area contributed by atoms with Crippen molar-refractivity contribution in [1.82, 2.24) is 10.2 Å². The summed E-state index contributed by atoms with van der Waals surface area (Å²) in [4.78, 5) is 15.0.